The molecule has 2 rings (SSSR count). The highest BCUT2D eigenvalue weighted by atomic mass is 16.5. The molecule has 0 bridgehead atoms. The molecular formula is C9H10N4O. The minimum Gasteiger partial charge on any atom is -0.384 e. The van der Waals surface area contributed by atoms with Crippen LogP contribution in [0.15, 0.2) is 16.7 Å². The van der Waals surface area contributed by atoms with Gasteiger partial charge in [0.1, 0.15) is 5.82 Å². The van der Waals surface area contributed by atoms with E-state index in [0.29, 0.717) is 17.5 Å². The van der Waals surface area contributed by atoms with Gasteiger partial charge >= 0.3 is 0 Å². The molecule has 2 heterocycles. The molecule has 0 saturated carbocycles. The van der Waals surface area contributed by atoms with Crippen LogP contribution in [-0.2, 0) is 0 Å². The Kier molecular flexibility index (Phi) is 1.92. The fourth-order valence-corrected chi connectivity index (χ4v) is 1.24. The van der Waals surface area contributed by atoms with Crippen LogP contribution in [-0.4, -0.2) is 15.1 Å². The lowest BCUT2D eigenvalue weighted by Gasteiger charge is -1.98. The van der Waals surface area contributed by atoms with Gasteiger partial charge in [0.2, 0.25) is 11.7 Å². The SMILES string of the molecule is Cc1cc(-c2noc(C)n2)cc(N)n1. The van der Waals surface area contributed by atoms with E-state index in [1.165, 1.54) is 0 Å². The average Bonchev–Trinajstić information content (AvgIpc) is 2.50. The van der Waals surface area contributed by atoms with Crippen LogP contribution >= 0.6 is 0 Å². The van der Waals surface area contributed by atoms with Gasteiger partial charge in [0.25, 0.3) is 0 Å². The van der Waals surface area contributed by atoms with Gasteiger partial charge in [-0.05, 0) is 19.1 Å². The van der Waals surface area contributed by atoms with E-state index in [0.717, 1.165) is 11.3 Å². The molecule has 0 aliphatic heterocycles. The Hall–Kier alpha value is -1.91. The van der Waals surface area contributed by atoms with E-state index in [2.05, 4.69) is 15.1 Å². The normalized spacial score (nSPS) is 10.4. The molecule has 0 unspecified atom stereocenters. The van der Waals surface area contributed by atoms with Crippen molar-refractivity contribution in [2.24, 2.45) is 0 Å². The molecule has 2 N–H and O–H groups in total. The summed E-state index contributed by atoms with van der Waals surface area (Å²) in [5, 5.41) is 3.80. The molecule has 0 aromatic carbocycles. The van der Waals surface area contributed by atoms with Crippen molar-refractivity contribution in [3.8, 4) is 11.4 Å². The van der Waals surface area contributed by atoms with Crippen molar-refractivity contribution >= 4 is 5.82 Å². The summed E-state index contributed by atoms with van der Waals surface area (Å²) in [6.07, 6.45) is 0. The summed E-state index contributed by atoms with van der Waals surface area (Å²) in [5.41, 5.74) is 7.27. The van der Waals surface area contributed by atoms with Crippen molar-refractivity contribution in [1.29, 1.82) is 0 Å². The van der Waals surface area contributed by atoms with Crippen LogP contribution in [0.3, 0.4) is 0 Å². The van der Waals surface area contributed by atoms with E-state index in [1.54, 1.807) is 13.0 Å². The third-order valence-corrected chi connectivity index (χ3v) is 1.76. The lowest BCUT2D eigenvalue weighted by Crippen LogP contribution is -1.93. The number of hydrogen-bond acceptors (Lipinski definition) is 5. The smallest absolute Gasteiger partial charge is 0.223 e. The molecule has 0 aliphatic carbocycles. The van der Waals surface area contributed by atoms with Crippen LogP contribution < -0.4 is 5.73 Å². The highest BCUT2D eigenvalue weighted by Gasteiger charge is 2.06. The van der Waals surface area contributed by atoms with Crippen molar-refractivity contribution in [3.05, 3.63) is 23.7 Å². The van der Waals surface area contributed by atoms with Crippen molar-refractivity contribution in [2.45, 2.75) is 13.8 Å². The van der Waals surface area contributed by atoms with Gasteiger partial charge in [0.15, 0.2) is 0 Å². The second-order valence-corrected chi connectivity index (χ2v) is 3.06. The molecule has 0 atom stereocenters. The predicted molar refractivity (Wildman–Crippen MR) is 51.4 cm³/mol. The van der Waals surface area contributed by atoms with Gasteiger partial charge in [-0.2, -0.15) is 4.98 Å². The van der Waals surface area contributed by atoms with Gasteiger partial charge in [0, 0.05) is 18.2 Å². The topological polar surface area (TPSA) is 77.8 Å². The largest absolute Gasteiger partial charge is 0.384 e. The zero-order valence-corrected chi connectivity index (χ0v) is 7.98. The maximum atomic E-state index is 5.61. The molecule has 0 spiro atoms. The van der Waals surface area contributed by atoms with E-state index in [1.807, 2.05) is 13.0 Å². The summed E-state index contributed by atoms with van der Waals surface area (Å²) in [6, 6.07) is 3.58. The van der Waals surface area contributed by atoms with Crippen molar-refractivity contribution in [2.75, 3.05) is 5.73 Å². The molecule has 5 heteroatoms. The van der Waals surface area contributed by atoms with E-state index in [4.69, 9.17) is 10.3 Å². The number of anilines is 1. The number of pyridine rings is 1. The summed E-state index contributed by atoms with van der Waals surface area (Å²) < 4.78 is 4.88. The first-order valence-corrected chi connectivity index (χ1v) is 4.20. The van der Waals surface area contributed by atoms with Crippen LogP contribution in [0.5, 0.6) is 0 Å². The number of hydrogen-bond donors (Lipinski definition) is 1. The Morgan fingerprint density at radius 1 is 1.21 bits per heavy atom. The fraction of sp³-hybridized carbons (Fsp3) is 0.222. The first-order valence-electron chi connectivity index (χ1n) is 4.20. The molecule has 14 heavy (non-hydrogen) atoms. The van der Waals surface area contributed by atoms with Gasteiger partial charge in [-0.3, -0.25) is 0 Å². The molecule has 0 fully saturated rings. The third-order valence-electron chi connectivity index (χ3n) is 1.76. The molecule has 2 aromatic heterocycles. The Balaban J connectivity index is 2.51. The minimum absolute atomic E-state index is 0.461. The van der Waals surface area contributed by atoms with Crippen molar-refractivity contribution in [1.82, 2.24) is 15.1 Å². The third kappa shape index (κ3) is 1.56. The summed E-state index contributed by atoms with van der Waals surface area (Å²) in [4.78, 5) is 8.16. The minimum atomic E-state index is 0.461. The standard InChI is InChI=1S/C9H10N4O/c1-5-3-7(4-8(10)11-5)9-12-6(2)14-13-9/h3-4H,1-2H3,(H2,10,11). The summed E-state index contributed by atoms with van der Waals surface area (Å²) >= 11 is 0. The van der Waals surface area contributed by atoms with E-state index >= 15 is 0 Å². The maximum Gasteiger partial charge on any atom is 0.223 e. The Morgan fingerprint density at radius 2 is 2.00 bits per heavy atom. The van der Waals surface area contributed by atoms with Gasteiger partial charge < -0.3 is 10.3 Å². The van der Waals surface area contributed by atoms with Crippen LogP contribution in [0.2, 0.25) is 0 Å². The second-order valence-electron chi connectivity index (χ2n) is 3.06. The quantitative estimate of drug-likeness (QED) is 0.733. The first kappa shape index (κ1) is 8.68. The van der Waals surface area contributed by atoms with E-state index in [9.17, 15) is 0 Å². The zero-order valence-electron chi connectivity index (χ0n) is 7.98. The molecule has 0 amide bonds. The Labute approximate surface area is 81.0 Å². The van der Waals surface area contributed by atoms with Gasteiger partial charge in [-0.15, -0.1) is 0 Å². The molecule has 0 aliphatic rings. The number of nitrogen functional groups attached to an aromatic ring is 1. The predicted octanol–water partition coefficient (Wildman–Crippen LogP) is 1.33. The number of nitrogens with zero attached hydrogens (tertiary/aromatic N) is 3. The zero-order chi connectivity index (χ0) is 10.1. The first-order chi connectivity index (χ1) is 6.65. The monoisotopic (exact) mass is 190 g/mol. The van der Waals surface area contributed by atoms with Crippen LogP contribution in [0.25, 0.3) is 11.4 Å². The molecular weight excluding hydrogens is 180 g/mol. The van der Waals surface area contributed by atoms with Crippen LogP contribution in [0, 0.1) is 13.8 Å². The highest BCUT2D eigenvalue weighted by Crippen LogP contribution is 2.18. The van der Waals surface area contributed by atoms with Crippen molar-refractivity contribution in [3.63, 3.8) is 0 Å². The van der Waals surface area contributed by atoms with Crippen molar-refractivity contribution < 1.29 is 4.52 Å². The summed E-state index contributed by atoms with van der Waals surface area (Å²) in [7, 11) is 0. The molecule has 0 radical (unpaired) electrons. The number of aromatic nitrogens is 3. The number of rotatable bonds is 1. The molecule has 5 nitrogen and oxygen atoms in total. The highest BCUT2D eigenvalue weighted by molar-refractivity contribution is 5.58. The molecule has 72 valence electrons. The van der Waals surface area contributed by atoms with Crippen LogP contribution in [0.1, 0.15) is 11.6 Å². The Bertz CT molecular complexity index is 443. The lowest BCUT2D eigenvalue weighted by molar-refractivity contribution is 0.394. The number of nitrogens with two attached hydrogens (primary N) is 1. The van der Waals surface area contributed by atoms with Gasteiger partial charge in [-0.1, -0.05) is 5.16 Å². The van der Waals surface area contributed by atoms with Gasteiger partial charge in [-0.25, -0.2) is 4.98 Å². The van der Waals surface area contributed by atoms with Gasteiger partial charge in [0.05, 0.1) is 0 Å². The average molecular weight is 190 g/mol. The molecule has 0 saturated heterocycles. The Morgan fingerprint density at radius 3 is 2.57 bits per heavy atom. The second kappa shape index (κ2) is 3.10. The number of aryl methyl sites for hydroxylation is 2. The maximum absolute atomic E-state index is 5.61. The van der Waals surface area contributed by atoms with Crippen LogP contribution in [0.4, 0.5) is 5.82 Å². The fourth-order valence-electron chi connectivity index (χ4n) is 1.24. The van der Waals surface area contributed by atoms with E-state index in [-0.39, 0.29) is 0 Å². The molecule has 2 aromatic rings. The summed E-state index contributed by atoms with van der Waals surface area (Å²) in [6.45, 7) is 3.61. The lowest BCUT2D eigenvalue weighted by atomic mass is 10.2. The van der Waals surface area contributed by atoms with E-state index < -0.39 is 0 Å². The summed E-state index contributed by atoms with van der Waals surface area (Å²) in [5.74, 6) is 1.54.